The molecule has 1 aromatic heterocycles. The molecule has 2 aromatic rings. The van der Waals surface area contributed by atoms with Crippen LogP contribution < -0.4 is 16.0 Å². The standard InChI is InChI=1S/C21H30ClN5O2.HI/c1-5-17-15(19(6-2)29-27-17)13-25-21(23-7-3)24-12-11-20(28)26-18-10-8-9-16(22)14(18)4;/h8-10H,5-7,11-13H2,1-4H3,(H,26,28)(H2,23,24,25);1H. The van der Waals surface area contributed by atoms with E-state index >= 15 is 0 Å². The van der Waals surface area contributed by atoms with Gasteiger partial charge in [0, 0.05) is 42.2 Å². The molecule has 0 radical (unpaired) electrons. The zero-order valence-electron chi connectivity index (χ0n) is 18.0. The molecule has 0 aliphatic rings. The van der Waals surface area contributed by atoms with Crippen LogP contribution >= 0.6 is 35.6 Å². The highest BCUT2D eigenvalue weighted by Crippen LogP contribution is 2.23. The van der Waals surface area contributed by atoms with Gasteiger partial charge in [-0.2, -0.15) is 0 Å². The molecule has 2 rings (SSSR count). The number of nitrogens with one attached hydrogen (secondary N) is 3. The van der Waals surface area contributed by atoms with Gasteiger partial charge in [0.15, 0.2) is 5.96 Å². The largest absolute Gasteiger partial charge is 0.361 e. The van der Waals surface area contributed by atoms with Gasteiger partial charge in [-0.15, -0.1) is 24.0 Å². The average Bonchev–Trinajstić information content (AvgIpc) is 3.11. The summed E-state index contributed by atoms with van der Waals surface area (Å²) in [4.78, 5) is 16.9. The van der Waals surface area contributed by atoms with Crippen molar-refractivity contribution in [3.63, 3.8) is 0 Å². The fourth-order valence-electron chi connectivity index (χ4n) is 2.87. The number of amides is 1. The zero-order valence-corrected chi connectivity index (χ0v) is 21.1. The van der Waals surface area contributed by atoms with E-state index in [1.165, 1.54) is 0 Å². The number of rotatable bonds is 9. The Bertz CT molecular complexity index is 832. The van der Waals surface area contributed by atoms with E-state index in [1.54, 1.807) is 6.07 Å². The lowest BCUT2D eigenvalue weighted by molar-refractivity contribution is -0.116. The van der Waals surface area contributed by atoms with Crippen molar-refractivity contribution in [2.75, 3.05) is 18.4 Å². The van der Waals surface area contributed by atoms with Crippen molar-refractivity contribution in [3.05, 3.63) is 45.8 Å². The van der Waals surface area contributed by atoms with Crippen molar-refractivity contribution >= 4 is 53.1 Å². The lowest BCUT2D eigenvalue weighted by Crippen LogP contribution is -2.38. The van der Waals surface area contributed by atoms with Crippen LogP contribution in [0.3, 0.4) is 0 Å². The Morgan fingerprint density at radius 2 is 1.97 bits per heavy atom. The first kappa shape index (κ1) is 26.2. The first-order valence-electron chi connectivity index (χ1n) is 10.0. The van der Waals surface area contributed by atoms with E-state index in [4.69, 9.17) is 16.1 Å². The first-order valence-corrected chi connectivity index (χ1v) is 10.4. The smallest absolute Gasteiger partial charge is 0.226 e. The van der Waals surface area contributed by atoms with E-state index in [-0.39, 0.29) is 29.9 Å². The van der Waals surface area contributed by atoms with Crippen LogP contribution in [0.15, 0.2) is 27.7 Å². The van der Waals surface area contributed by atoms with Gasteiger partial charge in [0.25, 0.3) is 0 Å². The molecule has 7 nitrogen and oxygen atoms in total. The van der Waals surface area contributed by atoms with Crippen LogP contribution in [-0.2, 0) is 24.2 Å². The Hall–Kier alpha value is -1.81. The summed E-state index contributed by atoms with van der Waals surface area (Å²) in [5.74, 6) is 1.45. The van der Waals surface area contributed by atoms with Crippen LogP contribution in [0, 0.1) is 6.92 Å². The van der Waals surface area contributed by atoms with E-state index in [9.17, 15) is 4.79 Å². The van der Waals surface area contributed by atoms with E-state index in [1.807, 2.05) is 39.8 Å². The monoisotopic (exact) mass is 547 g/mol. The fourth-order valence-corrected chi connectivity index (χ4v) is 3.04. The molecule has 0 saturated carbocycles. The van der Waals surface area contributed by atoms with Gasteiger partial charge in [-0.05, 0) is 38.0 Å². The Balaban J connectivity index is 0.00000450. The summed E-state index contributed by atoms with van der Waals surface area (Å²) in [6.45, 7) is 9.64. The minimum atomic E-state index is -0.0840. The maximum absolute atomic E-state index is 12.3. The second-order valence-electron chi connectivity index (χ2n) is 6.57. The molecule has 1 amide bonds. The van der Waals surface area contributed by atoms with Gasteiger partial charge in [-0.3, -0.25) is 4.79 Å². The van der Waals surface area contributed by atoms with Crippen LogP contribution in [0.25, 0.3) is 0 Å². The number of carbonyl (C=O) groups excluding carboxylic acids is 1. The number of benzene rings is 1. The second kappa shape index (κ2) is 13.5. The number of hydrogen-bond donors (Lipinski definition) is 3. The molecule has 30 heavy (non-hydrogen) atoms. The quantitative estimate of drug-likeness (QED) is 0.245. The molecule has 9 heteroatoms. The Morgan fingerprint density at radius 1 is 1.20 bits per heavy atom. The van der Waals surface area contributed by atoms with Gasteiger partial charge in [0.2, 0.25) is 5.91 Å². The van der Waals surface area contributed by atoms with Gasteiger partial charge < -0.3 is 20.5 Å². The van der Waals surface area contributed by atoms with Crippen molar-refractivity contribution in [1.82, 2.24) is 15.8 Å². The molecule has 0 aliphatic heterocycles. The number of anilines is 1. The van der Waals surface area contributed by atoms with Crippen LogP contribution in [0.1, 0.15) is 49.8 Å². The molecule has 0 saturated heterocycles. The lowest BCUT2D eigenvalue weighted by atomic mass is 10.1. The Kier molecular flexibility index (Phi) is 11.8. The van der Waals surface area contributed by atoms with Gasteiger partial charge in [0.1, 0.15) is 5.76 Å². The predicted molar refractivity (Wildman–Crippen MR) is 133 cm³/mol. The summed E-state index contributed by atoms with van der Waals surface area (Å²) < 4.78 is 5.39. The maximum Gasteiger partial charge on any atom is 0.226 e. The number of halogens is 2. The predicted octanol–water partition coefficient (Wildman–Crippen LogP) is 4.46. The highest BCUT2D eigenvalue weighted by molar-refractivity contribution is 14.0. The maximum atomic E-state index is 12.3. The molecule has 0 atom stereocenters. The third-order valence-electron chi connectivity index (χ3n) is 4.53. The highest BCUT2D eigenvalue weighted by atomic mass is 127. The summed E-state index contributed by atoms with van der Waals surface area (Å²) >= 11 is 6.10. The normalized spacial score (nSPS) is 11.0. The van der Waals surface area contributed by atoms with Crippen molar-refractivity contribution in [2.45, 2.75) is 53.5 Å². The average molecular weight is 548 g/mol. The molecule has 0 aliphatic carbocycles. The Morgan fingerprint density at radius 3 is 2.63 bits per heavy atom. The number of aromatic nitrogens is 1. The summed E-state index contributed by atoms with van der Waals surface area (Å²) in [5, 5.41) is 14.1. The van der Waals surface area contributed by atoms with Crippen molar-refractivity contribution in [1.29, 1.82) is 0 Å². The van der Waals surface area contributed by atoms with Crippen LogP contribution in [0.5, 0.6) is 0 Å². The number of carbonyl (C=O) groups is 1. The highest BCUT2D eigenvalue weighted by Gasteiger charge is 2.13. The summed E-state index contributed by atoms with van der Waals surface area (Å²) in [7, 11) is 0. The van der Waals surface area contributed by atoms with Crippen molar-refractivity contribution < 1.29 is 9.32 Å². The molecular weight excluding hydrogens is 517 g/mol. The third kappa shape index (κ3) is 7.46. The number of hydrogen-bond acceptors (Lipinski definition) is 4. The molecule has 0 spiro atoms. The van der Waals surface area contributed by atoms with Crippen LogP contribution in [-0.4, -0.2) is 30.1 Å². The van der Waals surface area contributed by atoms with Gasteiger partial charge in [-0.25, -0.2) is 4.99 Å². The molecular formula is C21H31ClIN5O2. The first-order chi connectivity index (χ1) is 14.0. The van der Waals surface area contributed by atoms with Gasteiger partial charge in [0.05, 0.1) is 12.2 Å². The fraction of sp³-hybridized carbons (Fsp3) is 0.476. The van der Waals surface area contributed by atoms with E-state index in [0.717, 1.165) is 47.7 Å². The minimum absolute atomic E-state index is 0. The molecule has 166 valence electrons. The summed E-state index contributed by atoms with van der Waals surface area (Å²) in [6, 6.07) is 5.46. The van der Waals surface area contributed by atoms with Gasteiger partial charge in [-0.1, -0.05) is 36.7 Å². The number of guanidine groups is 1. The Labute approximate surface area is 200 Å². The van der Waals surface area contributed by atoms with Gasteiger partial charge >= 0.3 is 0 Å². The molecule has 1 aromatic carbocycles. The summed E-state index contributed by atoms with van der Waals surface area (Å²) in [5.41, 5.74) is 3.58. The molecule has 3 N–H and O–H groups in total. The van der Waals surface area contributed by atoms with Crippen LogP contribution in [0.2, 0.25) is 5.02 Å². The van der Waals surface area contributed by atoms with Crippen molar-refractivity contribution in [2.24, 2.45) is 4.99 Å². The molecule has 0 bridgehead atoms. The van der Waals surface area contributed by atoms with E-state index in [2.05, 4.69) is 26.1 Å². The second-order valence-corrected chi connectivity index (χ2v) is 6.98. The molecule has 0 unspecified atom stereocenters. The molecule has 0 fully saturated rings. The lowest BCUT2D eigenvalue weighted by Gasteiger charge is -2.12. The number of aryl methyl sites for hydroxylation is 2. The number of aliphatic imine (C=N–C) groups is 1. The van der Waals surface area contributed by atoms with Crippen LogP contribution in [0.4, 0.5) is 5.69 Å². The van der Waals surface area contributed by atoms with Crippen molar-refractivity contribution in [3.8, 4) is 0 Å². The minimum Gasteiger partial charge on any atom is -0.361 e. The third-order valence-corrected chi connectivity index (χ3v) is 4.94. The van der Waals surface area contributed by atoms with E-state index in [0.29, 0.717) is 30.5 Å². The molecule has 1 heterocycles. The summed E-state index contributed by atoms with van der Waals surface area (Å²) in [6.07, 6.45) is 1.90. The van der Waals surface area contributed by atoms with E-state index < -0.39 is 0 Å². The topological polar surface area (TPSA) is 91.6 Å². The SMILES string of the molecule is CCNC(=NCc1c(CC)noc1CC)NCCC(=O)Nc1cccc(Cl)c1C.I. The number of nitrogens with zero attached hydrogens (tertiary/aromatic N) is 2. The zero-order chi connectivity index (χ0) is 21.2.